The molecule has 0 unspecified atom stereocenters. The number of thioether (sulfide) groups is 1. The van der Waals surface area contributed by atoms with Crippen LogP contribution in [0.5, 0.6) is 0 Å². The molecule has 0 saturated carbocycles. The SMILES string of the molecule is CN(C)C(=O)CSc1ccccc1C(=O)OCC(=O)Nc1ccccc1Sc1ccccc1. The van der Waals surface area contributed by atoms with Crippen LogP contribution < -0.4 is 5.32 Å². The molecule has 3 rings (SSSR count). The van der Waals surface area contributed by atoms with E-state index in [-0.39, 0.29) is 11.7 Å². The van der Waals surface area contributed by atoms with E-state index in [1.807, 2.05) is 48.5 Å². The zero-order valence-electron chi connectivity index (χ0n) is 18.3. The smallest absolute Gasteiger partial charge is 0.339 e. The fourth-order valence-electron chi connectivity index (χ4n) is 2.70. The molecule has 3 aromatic rings. The number of nitrogens with zero attached hydrogens (tertiary/aromatic N) is 1. The van der Waals surface area contributed by atoms with E-state index < -0.39 is 18.5 Å². The number of benzene rings is 3. The minimum atomic E-state index is -0.613. The lowest BCUT2D eigenvalue weighted by atomic mass is 10.2. The number of rotatable bonds is 9. The van der Waals surface area contributed by atoms with E-state index in [0.717, 1.165) is 9.79 Å². The van der Waals surface area contributed by atoms with Gasteiger partial charge in [0.2, 0.25) is 5.91 Å². The minimum Gasteiger partial charge on any atom is -0.452 e. The lowest BCUT2D eigenvalue weighted by Crippen LogP contribution is -2.23. The highest BCUT2D eigenvalue weighted by Crippen LogP contribution is 2.33. The molecular formula is C25H24N2O4S2. The second-order valence-corrected chi connectivity index (χ2v) is 9.24. The molecule has 0 aliphatic carbocycles. The average molecular weight is 481 g/mol. The number of hydrogen-bond acceptors (Lipinski definition) is 6. The molecule has 0 aromatic heterocycles. The highest BCUT2D eigenvalue weighted by atomic mass is 32.2. The van der Waals surface area contributed by atoms with Gasteiger partial charge in [-0.15, -0.1) is 11.8 Å². The van der Waals surface area contributed by atoms with Crippen molar-refractivity contribution in [2.45, 2.75) is 14.7 Å². The van der Waals surface area contributed by atoms with Crippen molar-refractivity contribution >= 4 is 47.0 Å². The Balaban J connectivity index is 1.59. The molecule has 6 nitrogen and oxygen atoms in total. The maximum Gasteiger partial charge on any atom is 0.339 e. The average Bonchev–Trinajstić information content (AvgIpc) is 2.83. The second kappa shape index (κ2) is 12.1. The van der Waals surface area contributed by atoms with Crippen LogP contribution in [0.2, 0.25) is 0 Å². The van der Waals surface area contributed by atoms with Crippen LogP contribution in [0.4, 0.5) is 5.69 Å². The Morgan fingerprint density at radius 2 is 1.48 bits per heavy atom. The van der Waals surface area contributed by atoms with Crippen LogP contribution in [0.1, 0.15) is 10.4 Å². The summed E-state index contributed by atoms with van der Waals surface area (Å²) in [6.45, 7) is -0.418. The fourth-order valence-corrected chi connectivity index (χ4v) is 4.64. The first-order valence-electron chi connectivity index (χ1n) is 10.1. The van der Waals surface area contributed by atoms with E-state index in [9.17, 15) is 14.4 Å². The largest absolute Gasteiger partial charge is 0.452 e. The van der Waals surface area contributed by atoms with Gasteiger partial charge >= 0.3 is 5.97 Å². The number of anilines is 1. The summed E-state index contributed by atoms with van der Waals surface area (Å²) in [5.74, 6) is -0.905. The van der Waals surface area contributed by atoms with Crippen molar-refractivity contribution in [3.63, 3.8) is 0 Å². The van der Waals surface area contributed by atoms with Crippen molar-refractivity contribution in [2.24, 2.45) is 0 Å². The number of carbonyl (C=O) groups is 3. The summed E-state index contributed by atoms with van der Waals surface area (Å²) < 4.78 is 5.25. The molecule has 0 heterocycles. The summed E-state index contributed by atoms with van der Waals surface area (Å²) in [5, 5.41) is 2.81. The zero-order chi connectivity index (χ0) is 23.6. The highest BCUT2D eigenvalue weighted by molar-refractivity contribution is 8.00. The lowest BCUT2D eigenvalue weighted by molar-refractivity contribution is -0.125. The molecule has 0 bridgehead atoms. The van der Waals surface area contributed by atoms with Gasteiger partial charge in [-0.25, -0.2) is 4.79 Å². The van der Waals surface area contributed by atoms with Gasteiger partial charge in [0.15, 0.2) is 6.61 Å². The molecule has 2 amide bonds. The number of carbonyl (C=O) groups excluding carboxylic acids is 3. The van der Waals surface area contributed by atoms with Crippen LogP contribution in [-0.4, -0.2) is 49.1 Å². The Morgan fingerprint density at radius 3 is 2.21 bits per heavy atom. The van der Waals surface area contributed by atoms with Gasteiger partial charge < -0.3 is 15.0 Å². The molecule has 0 saturated heterocycles. The maximum atomic E-state index is 12.6. The first-order valence-corrected chi connectivity index (χ1v) is 11.9. The first kappa shape index (κ1) is 24.4. The Morgan fingerprint density at radius 1 is 0.848 bits per heavy atom. The highest BCUT2D eigenvalue weighted by Gasteiger charge is 2.16. The number of ether oxygens (including phenoxy) is 1. The van der Waals surface area contributed by atoms with E-state index in [1.54, 1.807) is 44.4 Å². The second-order valence-electron chi connectivity index (χ2n) is 7.11. The molecule has 170 valence electrons. The predicted octanol–water partition coefficient (Wildman–Crippen LogP) is 4.81. The van der Waals surface area contributed by atoms with Crippen LogP contribution in [0.25, 0.3) is 0 Å². The van der Waals surface area contributed by atoms with Crippen LogP contribution in [0.3, 0.4) is 0 Å². The third-order valence-corrected chi connectivity index (χ3v) is 6.57. The Labute approximate surface area is 201 Å². The van der Waals surface area contributed by atoms with Crippen LogP contribution in [0, 0.1) is 0 Å². The van der Waals surface area contributed by atoms with Gasteiger partial charge in [0.25, 0.3) is 5.91 Å². The molecule has 8 heteroatoms. The molecule has 0 radical (unpaired) electrons. The Kier molecular flexibility index (Phi) is 8.97. The standard InChI is InChI=1S/C25H24N2O4S2/c1-27(2)24(29)17-32-21-14-8-6-12-19(21)25(30)31-16-23(28)26-20-13-7-9-15-22(20)33-18-10-4-3-5-11-18/h3-15H,16-17H2,1-2H3,(H,26,28). The minimum absolute atomic E-state index is 0.0606. The van der Waals surface area contributed by atoms with Crippen LogP contribution in [-0.2, 0) is 14.3 Å². The third kappa shape index (κ3) is 7.40. The van der Waals surface area contributed by atoms with Gasteiger partial charge in [-0.3, -0.25) is 9.59 Å². The molecule has 0 fully saturated rings. The lowest BCUT2D eigenvalue weighted by Gasteiger charge is -2.13. The van der Waals surface area contributed by atoms with Gasteiger partial charge in [0.05, 0.1) is 17.0 Å². The van der Waals surface area contributed by atoms with Gasteiger partial charge in [0, 0.05) is 28.8 Å². The summed E-state index contributed by atoms with van der Waals surface area (Å²) in [6, 6.07) is 24.2. The Bertz CT molecular complexity index is 1120. The van der Waals surface area contributed by atoms with Gasteiger partial charge in [-0.1, -0.05) is 54.2 Å². The number of amides is 2. The molecule has 3 aromatic carbocycles. The van der Waals surface area contributed by atoms with Crippen molar-refractivity contribution in [3.05, 3.63) is 84.4 Å². The molecule has 33 heavy (non-hydrogen) atoms. The van der Waals surface area contributed by atoms with Gasteiger partial charge in [0.1, 0.15) is 0 Å². The van der Waals surface area contributed by atoms with Crippen molar-refractivity contribution in [1.29, 1.82) is 0 Å². The predicted molar refractivity (Wildman–Crippen MR) is 132 cm³/mol. The topological polar surface area (TPSA) is 75.7 Å². The summed E-state index contributed by atoms with van der Waals surface area (Å²) in [4.78, 5) is 41.0. The summed E-state index contributed by atoms with van der Waals surface area (Å²) in [5.41, 5.74) is 0.965. The van der Waals surface area contributed by atoms with E-state index in [4.69, 9.17) is 4.74 Å². The zero-order valence-corrected chi connectivity index (χ0v) is 19.9. The number of para-hydroxylation sites is 1. The van der Waals surface area contributed by atoms with Crippen molar-refractivity contribution < 1.29 is 19.1 Å². The van der Waals surface area contributed by atoms with Crippen molar-refractivity contribution in [3.8, 4) is 0 Å². The quantitative estimate of drug-likeness (QED) is 0.350. The van der Waals surface area contributed by atoms with E-state index in [0.29, 0.717) is 16.1 Å². The maximum absolute atomic E-state index is 12.6. The number of nitrogens with one attached hydrogen (secondary N) is 1. The van der Waals surface area contributed by atoms with Gasteiger partial charge in [-0.05, 0) is 36.4 Å². The number of hydrogen-bond donors (Lipinski definition) is 1. The molecule has 0 aliphatic rings. The normalized spacial score (nSPS) is 10.4. The third-order valence-electron chi connectivity index (χ3n) is 4.42. The van der Waals surface area contributed by atoms with Crippen LogP contribution >= 0.6 is 23.5 Å². The van der Waals surface area contributed by atoms with E-state index >= 15 is 0 Å². The van der Waals surface area contributed by atoms with Crippen molar-refractivity contribution in [2.75, 3.05) is 31.8 Å². The Hall–Kier alpha value is -3.23. The molecule has 0 aliphatic heterocycles. The summed E-state index contributed by atoms with van der Waals surface area (Å²) in [6.07, 6.45) is 0. The van der Waals surface area contributed by atoms with E-state index in [1.165, 1.54) is 28.4 Å². The van der Waals surface area contributed by atoms with E-state index in [2.05, 4.69) is 5.32 Å². The summed E-state index contributed by atoms with van der Waals surface area (Å²) in [7, 11) is 3.36. The van der Waals surface area contributed by atoms with Gasteiger partial charge in [-0.2, -0.15) is 0 Å². The monoisotopic (exact) mass is 480 g/mol. The van der Waals surface area contributed by atoms with Crippen LogP contribution in [0.15, 0.2) is 93.5 Å². The molecule has 0 atom stereocenters. The molecular weight excluding hydrogens is 456 g/mol. The molecule has 0 spiro atoms. The van der Waals surface area contributed by atoms with Crippen molar-refractivity contribution in [1.82, 2.24) is 4.90 Å². The number of esters is 1. The fraction of sp³-hybridized carbons (Fsp3) is 0.160. The summed E-state index contributed by atoms with van der Waals surface area (Å²) >= 11 is 2.79. The first-order chi connectivity index (χ1) is 15.9. The molecule has 1 N–H and O–H groups in total.